The lowest BCUT2D eigenvalue weighted by Crippen LogP contribution is -2.23. The van der Waals surface area contributed by atoms with Gasteiger partial charge in [-0.3, -0.25) is 4.98 Å². The minimum atomic E-state index is -0.258. The lowest BCUT2D eigenvalue weighted by molar-refractivity contribution is 0.387. The smallest absolute Gasteiger partial charge is 0.131 e. The van der Waals surface area contributed by atoms with Gasteiger partial charge in [-0.1, -0.05) is 6.07 Å². The highest BCUT2D eigenvalue weighted by Crippen LogP contribution is 2.29. The Morgan fingerprint density at radius 3 is 2.45 bits per heavy atom. The minimum Gasteiger partial charge on any atom is -0.496 e. The zero-order valence-corrected chi connectivity index (χ0v) is 11.9. The van der Waals surface area contributed by atoms with Crippen LogP contribution in [0.5, 0.6) is 5.75 Å². The average Bonchev–Trinajstić information content (AvgIpc) is 2.47. The van der Waals surface area contributed by atoms with Gasteiger partial charge in [0, 0.05) is 30.0 Å². The van der Waals surface area contributed by atoms with Crippen LogP contribution in [0.2, 0.25) is 0 Å². The highest BCUT2D eigenvalue weighted by molar-refractivity contribution is 5.37. The summed E-state index contributed by atoms with van der Waals surface area (Å²) in [6, 6.07) is 8.70. The van der Waals surface area contributed by atoms with Crippen LogP contribution in [-0.4, -0.2) is 12.1 Å². The number of aromatic nitrogens is 1. The molecule has 0 saturated heterocycles. The van der Waals surface area contributed by atoms with Crippen molar-refractivity contribution < 1.29 is 9.13 Å². The monoisotopic (exact) mass is 274 g/mol. The molecule has 106 valence electrons. The van der Waals surface area contributed by atoms with Crippen molar-refractivity contribution >= 4 is 0 Å². The van der Waals surface area contributed by atoms with Gasteiger partial charge >= 0.3 is 0 Å². The summed E-state index contributed by atoms with van der Waals surface area (Å²) in [5, 5.41) is 3.38. The normalized spacial score (nSPS) is 13.8. The molecule has 0 radical (unpaired) electrons. The third-order valence-electron chi connectivity index (χ3n) is 3.37. The SMILES string of the molecule is COc1cccc(F)c1C(C)N[C@H](C)c1ccncc1. The Morgan fingerprint density at radius 1 is 1.10 bits per heavy atom. The fourth-order valence-corrected chi connectivity index (χ4v) is 2.32. The summed E-state index contributed by atoms with van der Waals surface area (Å²) < 4.78 is 19.3. The third-order valence-corrected chi connectivity index (χ3v) is 3.37. The lowest BCUT2D eigenvalue weighted by atomic mass is 10.0. The van der Waals surface area contributed by atoms with Gasteiger partial charge in [0.1, 0.15) is 11.6 Å². The number of pyridine rings is 1. The molecule has 0 bridgehead atoms. The molecule has 1 aromatic heterocycles. The zero-order chi connectivity index (χ0) is 14.5. The van der Waals surface area contributed by atoms with E-state index in [1.165, 1.54) is 6.07 Å². The van der Waals surface area contributed by atoms with Crippen molar-refractivity contribution in [3.8, 4) is 5.75 Å². The van der Waals surface area contributed by atoms with Crippen molar-refractivity contribution in [3.05, 3.63) is 59.7 Å². The maximum absolute atomic E-state index is 14.0. The number of nitrogens with zero attached hydrogens (tertiary/aromatic N) is 1. The molecule has 2 rings (SSSR count). The van der Waals surface area contributed by atoms with Crippen LogP contribution in [0, 0.1) is 5.82 Å². The number of halogens is 1. The topological polar surface area (TPSA) is 34.1 Å². The quantitative estimate of drug-likeness (QED) is 0.903. The van der Waals surface area contributed by atoms with Gasteiger partial charge in [0.2, 0.25) is 0 Å². The molecule has 0 aliphatic heterocycles. The van der Waals surface area contributed by atoms with E-state index in [0.29, 0.717) is 11.3 Å². The number of rotatable bonds is 5. The number of nitrogens with one attached hydrogen (secondary N) is 1. The first kappa shape index (κ1) is 14.5. The highest BCUT2D eigenvalue weighted by Gasteiger charge is 2.18. The van der Waals surface area contributed by atoms with Gasteiger partial charge in [0.25, 0.3) is 0 Å². The first-order chi connectivity index (χ1) is 9.63. The van der Waals surface area contributed by atoms with Crippen LogP contribution < -0.4 is 10.1 Å². The standard InChI is InChI=1S/C16H19FN2O/c1-11(13-7-9-18-10-8-13)19-12(2)16-14(17)5-4-6-15(16)20-3/h4-12,19H,1-3H3/t11-,12?/m1/s1. The maximum atomic E-state index is 14.0. The van der Waals surface area contributed by atoms with E-state index < -0.39 is 0 Å². The average molecular weight is 274 g/mol. The molecule has 0 aliphatic carbocycles. The van der Waals surface area contributed by atoms with Crippen molar-refractivity contribution in [1.82, 2.24) is 10.3 Å². The van der Waals surface area contributed by atoms with Crippen LogP contribution in [0.15, 0.2) is 42.7 Å². The van der Waals surface area contributed by atoms with E-state index in [-0.39, 0.29) is 17.9 Å². The fraction of sp³-hybridized carbons (Fsp3) is 0.312. The first-order valence-corrected chi connectivity index (χ1v) is 6.62. The Balaban J connectivity index is 2.18. The van der Waals surface area contributed by atoms with Crippen molar-refractivity contribution in [3.63, 3.8) is 0 Å². The van der Waals surface area contributed by atoms with Crippen LogP contribution in [0.3, 0.4) is 0 Å². The van der Waals surface area contributed by atoms with Crippen LogP contribution in [0.25, 0.3) is 0 Å². The van der Waals surface area contributed by atoms with Crippen LogP contribution >= 0.6 is 0 Å². The van der Waals surface area contributed by atoms with E-state index in [1.807, 2.05) is 26.0 Å². The molecule has 2 atom stereocenters. The fourth-order valence-electron chi connectivity index (χ4n) is 2.32. The third kappa shape index (κ3) is 3.14. The van der Waals surface area contributed by atoms with Crippen molar-refractivity contribution in [1.29, 1.82) is 0 Å². The summed E-state index contributed by atoms with van der Waals surface area (Å²) in [5.74, 6) is 0.304. The molecule has 1 heterocycles. The van der Waals surface area contributed by atoms with E-state index >= 15 is 0 Å². The predicted molar refractivity (Wildman–Crippen MR) is 77.2 cm³/mol. The van der Waals surface area contributed by atoms with Gasteiger partial charge in [-0.05, 0) is 43.7 Å². The lowest BCUT2D eigenvalue weighted by Gasteiger charge is -2.22. The molecule has 0 saturated carbocycles. The Labute approximate surface area is 118 Å². The van der Waals surface area contributed by atoms with Gasteiger partial charge in [0.15, 0.2) is 0 Å². The van der Waals surface area contributed by atoms with E-state index in [1.54, 1.807) is 31.6 Å². The zero-order valence-electron chi connectivity index (χ0n) is 11.9. The summed E-state index contributed by atoms with van der Waals surface area (Å²) in [4.78, 5) is 4.00. The predicted octanol–water partition coefficient (Wildman–Crippen LogP) is 3.64. The molecule has 2 aromatic rings. The van der Waals surface area contributed by atoms with Gasteiger partial charge in [-0.15, -0.1) is 0 Å². The van der Waals surface area contributed by atoms with E-state index in [2.05, 4.69) is 10.3 Å². The summed E-state index contributed by atoms with van der Waals surface area (Å²) in [6.07, 6.45) is 3.50. The maximum Gasteiger partial charge on any atom is 0.131 e. The van der Waals surface area contributed by atoms with Crippen molar-refractivity contribution in [2.45, 2.75) is 25.9 Å². The second kappa shape index (κ2) is 6.48. The molecule has 1 N–H and O–H groups in total. The van der Waals surface area contributed by atoms with Gasteiger partial charge in [0.05, 0.1) is 7.11 Å². The summed E-state index contributed by atoms with van der Waals surface area (Å²) >= 11 is 0. The molecule has 0 fully saturated rings. The van der Waals surface area contributed by atoms with Gasteiger partial charge in [-0.25, -0.2) is 4.39 Å². The Bertz CT molecular complexity index is 560. The second-order valence-electron chi connectivity index (χ2n) is 4.75. The molecule has 3 nitrogen and oxygen atoms in total. The Morgan fingerprint density at radius 2 is 1.80 bits per heavy atom. The molecular formula is C16H19FN2O. The van der Waals surface area contributed by atoms with Crippen molar-refractivity contribution in [2.75, 3.05) is 7.11 Å². The molecule has 0 aliphatic rings. The summed E-state index contributed by atoms with van der Waals surface area (Å²) in [5.41, 5.74) is 1.66. The first-order valence-electron chi connectivity index (χ1n) is 6.62. The summed E-state index contributed by atoms with van der Waals surface area (Å²) in [7, 11) is 1.55. The molecule has 1 unspecified atom stereocenters. The largest absolute Gasteiger partial charge is 0.496 e. The van der Waals surface area contributed by atoms with Crippen molar-refractivity contribution in [2.24, 2.45) is 0 Å². The number of ether oxygens (including phenoxy) is 1. The Kier molecular flexibility index (Phi) is 4.69. The highest BCUT2D eigenvalue weighted by atomic mass is 19.1. The number of benzene rings is 1. The number of hydrogen-bond donors (Lipinski definition) is 1. The van der Waals surface area contributed by atoms with Gasteiger partial charge in [-0.2, -0.15) is 0 Å². The minimum absolute atomic E-state index is 0.0947. The van der Waals surface area contributed by atoms with Crippen LogP contribution in [-0.2, 0) is 0 Å². The molecule has 0 spiro atoms. The van der Waals surface area contributed by atoms with Crippen LogP contribution in [0.1, 0.15) is 37.1 Å². The summed E-state index contributed by atoms with van der Waals surface area (Å²) in [6.45, 7) is 3.97. The van der Waals surface area contributed by atoms with Crippen LogP contribution in [0.4, 0.5) is 4.39 Å². The Hall–Kier alpha value is -1.94. The number of methoxy groups -OCH3 is 1. The van der Waals surface area contributed by atoms with E-state index in [9.17, 15) is 4.39 Å². The van der Waals surface area contributed by atoms with Gasteiger partial charge < -0.3 is 10.1 Å². The van der Waals surface area contributed by atoms with E-state index in [0.717, 1.165) is 5.56 Å². The molecule has 1 aromatic carbocycles. The molecule has 0 amide bonds. The second-order valence-corrected chi connectivity index (χ2v) is 4.75. The van der Waals surface area contributed by atoms with E-state index in [4.69, 9.17) is 4.74 Å². The molecular weight excluding hydrogens is 255 g/mol. The molecule has 20 heavy (non-hydrogen) atoms. The number of hydrogen-bond acceptors (Lipinski definition) is 3. The molecule has 4 heteroatoms.